The molecule has 2 aromatic carbocycles. The molecule has 0 radical (unpaired) electrons. The lowest BCUT2D eigenvalue weighted by Crippen LogP contribution is -1.96. The minimum Gasteiger partial charge on any atom is -0.340 e. The molecule has 5 heteroatoms. The van der Waals surface area contributed by atoms with Crippen LogP contribution in [0.25, 0.3) is 10.9 Å². The van der Waals surface area contributed by atoms with Gasteiger partial charge < -0.3 is 5.32 Å². The molecule has 0 saturated heterocycles. The van der Waals surface area contributed by atoms with E-state index in [1.165, 1.54) is 18.5 Å². The molecule has 3 rings (SSSR count). The van der Waals surface area contributed by atoms with Gasteiger partial charge in [0.05, 0.1) is 5.52 Å². The van der Waals surface area contributed by atoms with Gasteiger partial charge in [-0.1, -0.05) is 22.0 Å². The number of nitrogens with zero attached hydrogens (tertiary/aromatic N) is 2. The molecule has 1 heterocycles. The molecule has 0 saturated carbocycles. The Bertz CT molecular complexity index is 746. The van der Waals surface area contributed by atoms with E-state index in [4.69, 9.17) is 0 Å². The van der Waals surface area contributed by atoms with Crippen molar-refractivity contribution in [3.8, 4) is 0 Å². The molecule has 0 bridgehead atoms. The molecule has 0 unspecified atom stereocenters. The Labute approximate surface area is 117 Å². The van der Waals surface area contributed by atoms with Gasteiger partial charge in [-0.15, -0.1) is 0 Å². The zero-order chi connectivity index (χ0) is 13.2. The van der Waals surface area contributed by atoms with Crippen LogP contribution in [0, 0.1) is 5.82 Å². The van der Waals surface area contributed by atoms with Crippen molar-refractivity contribution in [3.63, 3.8) is 0 Å². The summed E-state index contributed by atoms with van der Waals surface area (Å²) in [7, 11) is 0. The molecule has 0 aliphatic heterocycles. The van der Waals surface area contributed by atoms with E-state index in [0.717, 1.165) is 15.5 Å². The quantitative estimate of drug-likeness (QED) is 0.766. The van der Waals surface area contributed by atoms with E-state index in [-0.39, 0.29) is 5.82 Å². The molecule has 94 valence electrons. The van der Waals surface area contributed by atoms with Gasteiger partial charge in [0.15, 0.2) is 0 Å². The van der Waals surface area contributed by atoms with Crippen molar-refractivity contribution < 1.29 is 4.39 Å². The van der Waals surface area contributed by atoms with E-state index < -0.39 is 0 Å². The molecule has 3 nitrogen and oxygen atoms in total. The maximum Gasteiger partial charge on any atom is 0.141 e. The predicted octanol–water partition coefficient (Wildman–Crippen LogP) is 4.28. The monoisotopic (exact) mass is 317 g/mol. The van der Waals surface area contributed by atoms with Crippen LogP contribution < -0.4 is 5.32 Å². The number of anilines is 2. The van der Waals surface area contributed by atoms with E-state index in [1.54, 1.807) is 6.07 Å². The lowest BCUT2D eigenvalue weighted by molar-refractivity contribution is 0.629. The van der Waals surface area contributed by atoms with Gasteiger partial charge in [-0.3, -0.25) is 0 Å². The van der Waals surface area contributed by atoms with Gasteiger partial charge in [0, 0.05) is 21.6 Å². The summed E-state index contributed by atoms with van der Waals surface area (Å²) in [4.78, 5) is 8.26. The molecule has 0 aliphatic rings. The van der Waals surface area contributed by atoms with Crippen LogP contribution in [-0.4, -0.2) is 9.97 Å². The first-order chi connectivity index (χ1) is 9.22. The summed E-state index contributed by atoms with van der Waals surface area (Å²) in [5.41, 5.74) is 1.48. The van der Waals surface area contributed by atoms with E-state index in [1.807, 2.05) is 24.3 Å². The van der Waals surface area contributed by atoms with Crippen LogP contribution in [0.5, 0.6) is 0 Å². The second kappa shape index (κ2) is 4.93. The van der Waals surface area contributed by atoms with Gasteiger partial charge in [-0.2, -0.15) is 0 Å². The van der Waals surface area contributed by atoms with Gasteiger partial charge in [-0.25, -0.2) is 14.4 Å². The summed E-state index contributed by atoms with van der Waals surface area (Å²) in [5.74, 6) is 0.350. The molecule has 0 amide bonds. The van der Waals surface area contributed by atoms with Crippen LogP contribution in [0.15, 0.2) is 53.3 Å². The lowest BCUT2D eigenvalue weighted by Gasteiger charge is -2.08. The molecule has 0 spiro atoms. The van der Waals surface area contributed by atoms with Crippen LogP contribution in [0.4, 0.5) is 15.9 Å². The van der Waals surface area contributed by atoms with Crippen molar-refractivity contribution in [2.45, 2.75) is 0 Å². The first-order valence-electron chi connectivity index (χ1n) is 5.65. The highest BCUT2D eigenvalue weighted by Crippen LogP contribution is 2.24. The standard InChI is InChI=1S/C14H9BrFN3/c15-9-2-1-3-11(6-9)19-14-12-5-4-10(16)7-13(12)17-8-18-14/h1-8H,(H,17,18,19). The van der Waals surface area contributed by atoms with E-state index in [0.29, 0.717) is 11.3 Å². The fraction of sp³-hybridized carbons (Fsp3) is 0. The highest BCUT2D eigenvalue weighted by atomic mass is 79.9. The summed E-state index contributed by atoms with van der Waals surface area (Å²) in [6, 6.07) is 12.2. The van der Waals surface area contributed by atoms with E-state index in [2.05, 4.69) is 31.2 Å². The lowest BCUT2D eigenvalue weighted by atomic mass is 10.2. The summed E-state index contributed by atoms with van der Waals surface area (Å²) in [5, 5.41) is 3.99. The predicted molar refractivity (Wildman–Crippen MR) is 76.9 cm³/mol. The average Bonchev–Trinajstić information content (AvgIpc) is 2.38. The zero-order valence-electron chi connectivity index (χ0n) is 9.77. The van der Waals surface area contributed by atoms with Crippen LogP contribution in [0.1, 0.15) is 0 Å². The molecular formula is C14H9BrFN3. The summed E-state index contributed by atoms with van der Waals surface area (Å²) >= 11 is 3.41. The van der Waals surface area contributed by atoms with E-state index in [9.17, 15) is 4.39 Å². The third-order valence-corrected chi connectivity index (χ3v) is 3.18. The second-order valence-corrected chi connectivity index (χ2v) is 4.93. The van der Waals surface area contributed by atoms with Crippen molar-refractivity contribution in [1.82, 2.24) is 9.97 Å². The van der Waals surface area contributed by atoms with Gasteiger partial charge in [-0.05, 0) is 30.3 Å². The number of fused-ring (bicyclic) bond motifs is 1. The second-order valence-electron chi connectivity index (χ2n) is 4.02. The highest BCUT2D eigenvalue weighted by molar-refractivity contribution is 9.10. The van der Waals surface area contributed by atoms with E-state index >= 15 is 0 Å². The fourth-order valence-electron chi connectivity index (χ4n) is 1.83. The van der Waals surface area contributed by atoms with Gasteiger partial charge in [0.25, 0.3) is 0 Å². The smallest absolute Gasteiger partial charge is 0.141 e. The minimum absolute atomic E-state index is 0.306. The third-order valence-electron chi connectivity index (χ3n) is 2.69. The first kappa shape index (κ1) is 12.0. The molecule has 19 heavy (non-hydrogen) atoms. The Morgan fingerprint density at radius 1 is 1.05 bits per heavy atom. The number of halogens is 2. The van der Waals surface area contributed by atoms with Gasteiger partial charge in [0.1, 0.15) is 18.0 Å². The highest BCUT2D eigenvalue weighted by Gasteiger charge is 2.05. The summed E-state index contributed by atoms with van der Waals surface area (Å²) < 4.78 is 14.1. The maximum atomic E-state index is 13.2. The Morgan fingerprint density at radius 3 is 2.79 bits per heavy atom. The topological polar surface area (TPSA) is 37.8 Å². The Morgan fingerprint density at radius 2 is 1.95 bits per heavy atom. The van der Waals surface area contributed by atoms with Gasteiger partial charge >= 0.3 is 0 Å². The molecule has 1 N–H and O–H groups in total. The molecule has 0 aliphatic carbocycles. The molecule has 0 atom stereocenters. The summed E-state index contributed by atoms with van der Waals surface area (Å²) in [6.45, 7) is 0. The number of aromatic nitrogens is 2. The first-order valence-corrected chi connectivity index (χ1v) is 6.44. The largest absolute Gasteiger partial charge is 0.340 e. The minimum atomic E-state index is -0.306. The Hall–Kier alpha value is -2.01. The Balaban J connectivity index is 2.06. The molecule has 0 fully saturated rings. The molecule has 1 aromatic heterocycles. The van der Waals surface area contributed by atoms with Crippen LogP contribution in [0.3, 0.4) is 0 Å². The zero-order valence-corrected chi connectivity index (χ0v) is 11.4. The van der Waals surface area contributed by atoms with Crippen molar-refractivity contribution in [1.29, 1.82) is 0 Å². The molecular weight excluding hydrogens is 309 g/mol. The van der Waals surface area contributed by atoms with Gasteiger partial charge in [0.2, 0.25) is 0 Å². The average molecular weight is 318 g/mol. The van der Waals surface area contributed by atoms with Crippen LogP contribution in [-0.2, 0) is 0 Å². The van der Waals surface area contributed by atoms with Crippen molar-refractivity contribution in [3.05, 3.63) is 59.1 Å². The maximum absolute atomic E-state index is 13.2. The summed E-state index contributed by atoms with van der Waals surface area (Å²) in [6.07, 6.45) is 1.42. The van der Waals surface area contributed by atoms with Crippen LogP contribution in [0.2, 0.25) is 0 Å². The number of hydrogen-bond acceptors (Lipinski definition) is 3. The number of rotatable bonds is 2. The normalized spacial score (nSPS) is 10.6. The Kier molecular flexibility index (Phi) is 3.13. The van der Waals surface area contributed by atoms with Crippen LogP contribution >= 0.6 is 15.9 Å². The number of nitrogens with one attached hydrogen (secondary N) is 1. The van der Waals surface area contributed by atoms with Crippen molar-refractivity contribution in [2.24, 2.45) is 0 Å². The number of hydrogen-bond donors (Lipinski definition) is 1. The third kappa shape index (κ3) is 2.56. The fourth-order valence-corrected chi connectivity index (χ4v) is 2.23. The SMILES string of the molecule is Fc1ccc2c(Nc3cccc(Br)c3)ncnc2c1. The number of benzene rings is 2. The van der Waals surface area contributed by atoms with Crippen molar-refractivity contribution in [2.75, 3.05) is 5.32 Å². The van der Waals surface area contributed by atoms with Crippen molar-refractivity contribution >= 4 is 38.3 Å². The molecule has 3 aromatic rings.